The highest BCUT2D eigenvalue weighted by molar-refractivity contribution is 8.01. The van der Waals surface area contributed by atoms with Crippen molar-refractivity contribution < 1.29 is 9.90 Å². The first-order valence-electron chi connectivity index (χ1n) is 2.08. The molecule has 0 aromatic carbocycles. The minimum Gasteiger partial charge on any atom is -0.477 e. The van der Waals surface area contributed by atoms with Crippen molar-refractivity contribution in [3.05, 3.63) is 11.0 Å². The van der Waals surface area contributed by atoms with Crippen LogP contribution in [0.2, 0.25) is 0 Å². The van der Waals surface area contributed by atoms with Crippen molar-refractivity contribution in [2.75, 3.05) is 6.26 Å². The Morgan fingerprint density at radius 2 is 2.44 bits per heavy atom. The van der Waals surface area contributed by atoms with Gasteiger partial charge in [0.15, 0.2) is 0 Å². The van der Waals surface area contributed by atoms with Gasteiger partial charge in [-0.25, -0.2) is 4.79 Å². The Kier molecular flexibility index (Phi) is 3.56. The summed E-state index contributed by atoms with van der Waals surface area (Å²) in [6.45, 7) is 0. The van der Waals surface area contributed by atoms with Gasteiger partial charge >= 0.3 is 5.97 Å². The molecule has 3 nitrogen and oxygen atoms in total. The lowest BCUT2D eigenvalue weighted by atomic mass is 10.3. The van der Waals surface area contributed by atoms with Gasteiger partial charge in [-0.1, -0.05) is 0 Å². The fraction of sp³-hybridized carbons (Fsp3) is 0.200. The van der Waals surface area contributed by atoms with Crippen LogP contribution in [0, 0.1) is 11.3 Å². The lowest BCUT2D eigenvalue weighted by Gasteiger charge is -1.83. The zero-order valence-corrected chi connectivity index (χ0v) is 5.60. The number of hydrogen-bond donors (Lipinski definition) is 1. The maximum absolute atomic E-state index is 10.0. The molecule has 1 N–H and O–H groups in total. The Bertz CT molecular complexity index is 180. The normalized spacial score (nSPS) is 10.4. The van der Waals surface area contributed by atoms with Crippen molar-refractivity contribution in [1.82, 2.24) is 0 Å². The van der Waals surface area contributed by atoms with Crippen molar-refractivity contribution in [1.29, 1.82) is 5.26 Å². The van der Waals surface area contributed by atoms with Gasteiger partial charge in [0, 0.05) is 0 Å². The first-order chi connectivity index (χ1) is 4.22. The summed E-state index contributed by atoms with van der Waals surface area (Å²) < 4.78 is 0. The third kappa shape index (κ3) is 2.77. The molecule has 4 heteroatoms. The maximum atomic E-state index is 10.0. The van der Waals surface area contributed by atoms with Crippen LogP contribution in [0.15, 0.2) is 11.0 Å². The number of nitriles is 1. The second-order valence-corrected chi connectivity index (χ2v) is 1.89. The number of carboxylic acid groups (broad SMARTS) is 1. The minimum atomic E-state index is -1.17. The lowest BCUT2D eigenvalue weighted by molar-refractivity contribution is -0.132. The largest absolute Gasteiger partial charge is 0.477 e. The molecule has 0 saturated carbocycles. The van der Waals surface area contributed by atoms with Crippen LogP contribution >= 0.6 is 11.8 Å². The summed E-state index contributed by atoms with van der Waals surface area (Å²) >= 11 is 1.20. The molecule has 9 heavy (non-hydrogen) atoms. The van der Waals surface area contributed by atoms with Crippen molar-refractivity contribution >= 4 is 17.7 Å². The van der Waals surface area contributed by atoms with E-state index in [-0.39, 0.29) is 5.57 Å². The molecule has 0 unspecified atom stereocenters. The highest BCUT2D eigenvalue weighted by Gasteiger charge is 2.02. The number of thioether (sulfide) groups is 1. The van der Waals surface area contributed by atoms with Gasteiger partial charge in [-0.15, -0.1) is 11.8 Å². The topological polar surface area (TPSA) is 61.1 Å². The van der Waals surface area contributed by atoms with Crippen LogP contribution in [0.1, 0.15) is 0 Å². The van der Waals surface area contributed by atoms with E-state index in [9.17, 15) is 4.79 Å². The van der Waals surface area contributed by atoms with E-state index in [1.54, 1.807) is 12.3 Å². The molecular formula is C5H5NO2S. The summed E-state index contributed by atoms with van der Waals surface area (Å²) in [6, 6.07) is 1.54. The number of aliphatic carboxylic acids is 1. The molecule has 0 bridgehead atoms. The summed E-state index contributed by atoms with van der Waals surface area (Å²) in [5.41, 5.74) is -0.220. The molecule has 0 aliphatic heterocycles. The van der Waals surface area contributed by atoms with E-state index >= 15 is 0 Å². The average molecular weight is 143 g/mol. The van der Waals surface area contributed by atoms with Crippen LogP contribution in [-0.2, 0) is 4.79 Å². The van der Waals surface area contributed by atoms with E-state index in [0.29, 0.717) is 0 Å². The second kappa shape index (κ2) is 3.98. The summed E-state index contributed by atoms with van der Waals surface area (Å²) in [6.07, 6.45) is 1.69. The van der Waals surface area contributed by atoms with Crippen LogP contribution in [0.3, 0.4) is 0 Å². The van der Waals surface area contributed by atoms with Gasteiger partial charge in [0.25, 0.3) is 0 Å². The Morgan fingerprint density at radius 1 is 1.89 bits per heavy atom. The molecule has 0 heterocycles. The third-order valence-corrected chi connectivity index (χ3v) is 1.06. The molecule has 0 aromatic rings. The van der Waals surface area contributed by atoms with Gasteiger partial charge < -0.3 is 5.11 Å². The highest BCUT2D eigenvalue weighted by atomic mass is 32.2. The number of rotatable bonds is 2. The third-order valence-electron chi connectivity index (χ3n) is 0.587. The van der Waals surface area contributed by atoms with E-state index in [1.807, 2.05) is 0 Å². The highest BCUT2D eigenvalue weighted by Crippen LogP contribution is 2.01. The molecule has 0 aromatic heterocycles. The average Bonchev–Trinajstić information content (AvgIpc) is 1.82. The molecule has 0 fully saturated rings. The summed E-state index contributed by atoms with van der Waals surface area (Å²) in [5, 5.41) is 17.6. The van der Waals surface area contributed by atoms with E-state index in [0.717, 1.165) is 0 Å². The molecule has 0 rings (SSSR count). The Balaban J connectivity index is 4.20. The molecule has 0 aliphatic carbocycles. The quantitative estimate of drug-likeness (QED) is 0.459. The van der Waals surface area contributed by atoms with Gasteiger partial charge in [0.2, 0.25) is 0 Å². The van der Waals surface area contributed by atoms with Crippen LogP contribution < -0.4 is 0 Å². The molecule has 0 atom stereocenters. The van der Waals surface area contributed by atoms with Crippen molar-refractivity contribution in [3.63, 3.8) is 0 Å². The standard InChI is InChI=1S/C5H5NO2S/c1-9-3-4(2-6)5(7)8/h3H,1H3,(H,7,8)/b4-3+. The van der Waals surface area contributed by atoms with Crippen LogP contribution in [-0.4, -0.2) is 17.3 Å². The fourth-order valence-electron chi connectivity index (χ4n) is 0.242. The van der Waals surface area contributed by atoms with E-state index in [1.165, 1.54) is 17.2 Å². The van der Waals surface area contributed by atoms with E-state index in [2.05, 4.69) is 0 Å². The van der Waals surface area contributed by atoms with E-state index < -0.39 is 5.97 Å². The van der Waals surface area contributed by atoms with Gasteiger partial charge in [-0.05, 0) is 11.7 Å². The van der Waals surface area contributed by atoms with E-state index in [4.69, 9.17) is 10.4 Å². The molecule has 0 radical (unpaired) electrons. The second-order valence-electron chi connectivity index (χ2n) is 1.18. The first-order valence-corrected chi connectivity index (χ1v) is 3.37. The first kappa shape index (κ1) is 8.05. The maximum Gasteiger partial charge on any atom is 0.346 e. The van der Waals surface area contributed by atoms with Crippen LogP contribution in [0.25, 0.3) is 0 Å². The molecule has 0 saturated heterocycles. The number of hydrogen-bond acceptors (Lipinski definition) is 3. The van der Waals surface area contributed by atoms with Crippen molar-refractivity contribution in [2.45, 2.75) is 0 Å². The minimum absolute atomic E-state index is 0.220. The number of nitrogens with zero attached hydrogens (tertiary/aromatic N) is 1. The predicted molar refractivity (Wildman–Crippen MR) is 34.8 cm³/mol. The molecular weight excluding hydrogens is 138 g/mol. The van der Waals surface area contributed by atoms with Crippen LogP contribution in [0.4, 0.5) is 0 Å². The summed E-state index contributed by atoms with van der Waals surface area (Å²) in [4.78, 5) is 10.0. The van der Waals surface area contributed by atoms with Crippen molar-refractivity contribution in [2.24, 2.45) is 0 Å². The van der Waals surface area contributed by atoms with Gasteiger partial charge in [0.05, 0.1) is 0 Å². The van der Waals surface area contributed by atoms with Crippen molar-refractivity contribution in [3.8, 4) is 6.07 Å². The number of carbonyl (C=O) groups is 1. The zero-order chi connectivity index (χ0) is 7.28. The fourth-order valence-corrected chi connectivity index (χ4v) is 0.632. The summed E-state index contributed by atoms with van der Waals surface area (Å²) in [7, 11) is 0. The molecule has 0 amide bonds. The molecule has 0 spiro atoms. The summed E-state index contributed by atoms with van der Waals surface area (Å²) in [5.74, 6) is -1.17. The molecule has 48 valence electrons. The van der Waals surface area contributed by atoms with Gasteiger partial charge in [0.1, 0.15) is 11.6 Å². The zero-order valence-electron chi connectivity index (χ0n) is 4.79. The predicted octanol–water partition coefficient (Wildman–Crippen LogP) is 0.841. The van der Waals surface area contributed by atoms with Gasteiger partial charge in [-0.3, -0.25) is 0 Å². The Morgan fingerprint density at radius 3 is 2.56 bits per heavy atom. The Labute approximate surface area is 57.0 Å². The monoisotopic (exact) mass is 143 g/mol. The SMILES string of the molecule is CS/C=C(\C#N)C(=O)O. The molecule has 0 aliphatic rings. The lowest BCUT2D eigenvalue weighted by Crippen LogP contribution is -1.96. The van der Waals surface area contributed by atoms with Gasteiger partial charge in [-0.2, -0.15) is 5.26 Å². The number of carboxylic acids is 1. The van der Waals surface area contributed by atoms with Crippen LogP contribution in [0.5, 0.6) is 0 Å². The Hall–Kier alpha value is -0.950. The smallest absolute Gasteiger partial charge is 0.346 e.